The number of rotatable bonds is 6. The Morgan fingerprint density at radius 3 is 2.52 bits per heavy atom. The second-order valence-electron chi connectivity index (χ2n) is 5.35. The van der Waals surface area contributed by atoms with Gasteiger partial charge in [0.2, 0.25) is 0 Å². The summed E-state index contributed by atoms with van der Waals surface area (Å²) in [6.07, 6.45) is 0. The van der Waals surface area contributed by atoms with Crippen molar-refractivity contribution in [2.45, 2.75) is 27.7 Å². The molecule has 0 spiro atoms. The Bertz CT molecular complexity index is 514. The van der Waals surface area contributed by atoms with E-state index in [1.165, 1.54) is 23.1 Å². The van der Waals surface area contributed by atoms with Crippen molar-refractivity contribution in [1.82, 2.24) is 4.90 Å². The summed E-state index contributed by atoms with van der Waals surface area (Å²) < 4.78 is 18.2. The lowest BCUT2D eigenvalue weighted by Gasteiger charge is -2.23. The second kappa shape index (κ2) is 7.76. The fourth-order valence-corrected chi connectivity index (χ4v) is 1.98. The minimum atomic E-state index is -0.440. The molecule has 0 fully saturated rings. The van der Waals surface area contributed by atoms with Crippen molar-refractivity contribution in [3.05, 3.63) is 35.1 Å². The summed E-state index contributed by atoms with van der Waals surface area (Å²) in [5.74, 6) is -0.873. The molecule has 116 valence electrons. The highest BCUT2D eigenvalue weighted by atomic mass is 19.1. The molecule has 0 aliphatic rings. The third-order valence-electron chi connectivity index (χ3n) is 2.90. The van der Waals surface area contributed by atoms with Crippen molar-refractivity contribution in [3.63, 3.8) is 0 Å². The van der Waals surface area contributed by atoms with E-state index in [2.05, 4.69) is 0 Å². The molecule has 1 aromatic carbocycles. The topological polar surface area (TPSA) is 46.6 Å². The van der Waals surface area contributed by atoms with Crippen LogP contribution in [0.1, 0.15) is 36.7 Å². The number of ether oxygens (including phenoxy) is 1. The van der Waals surface area contributed by atoms with Crippen LogP contribution in [-0.4, -0.2) is 36.5 Å². The lowest BCUT2D eigenvalue weighted by atomic mass is 10.1. The van der Waals surface area contributed by atoms with Gasteiger partial charge in [0.1, 0.15) is 12.4 Å². The zero-order chi connectivity index (χ0) is 16.0. The Morgan fingerprint density at radius 1 is 1.33 bits per heavy atom. The summed E-state index contributed by atoms with van der Waals surface area (Å²) in [5.41, 5.74) is 0.778. The number of nitrogens with zero attached hydrogens (tertiary/aromatic N) is 1. The molecule has 1 rings (SSSR count). The van der Waals surface area contributed by atoms with Crippen molar-refractivity contribution in [3.8, 4) is 0 Å². The molecule has 0 saturated carbocycles. The predicted molar refractivity (Wildman–Crippen MR) is 78.5 cm³/mol. The summed E-state index contributed by atoms with van der Waals surface area (Å²) in [6, 6.07) is 4.19. The number of carbonyl (C=O) groups is 2. The van der Waals surface area contributed by atoms with Gasteiger partial charge in [-0.15, -0.1) is 0 Å². The minimum Gasteiger partial charge on any atom is -0.465 e. The van der Waals surface area contributed by atoms with Crippen molar-refractivity contribution in [1.29, 1.82) is 0 Å². The zero-order valence-corrected chi connectivity index (χ0v) is 13.0. The third-order valence-corrected chi connectivity index (χ3v) is 2.90. The summed E-state index contributed by atoms with van der Waals surface area (Å²) >= 11 is 0. The molecule has 21 heavy (non-hydrogen) atoms. The molecule has 5 heteroatoms. The zero-order valence-electron chi connectivity index (χ0n) is 13.0. The van der Waals surface area contributed by atoms with Crippen LogP contribution in [0.3, 0.4) is 0 Å². The number of halogens is 1. The molecule has 0 aliphatic heterocycles. The first-order valence-electron chi connectivity index (χ1n) is 7.06. The van der Waals surface area contributed by atoms with E-state index in [-0.39, 0.29) is 30.8 Å². The molecular formula is C16H22FNO3. The molecular weight excluding hydrogens is 273 g/mol. The van der Waals surface area contributed by atoms with Crippen LogP contribution in [-0.2, 0) is 9.53 Å². The van der Waals surface area contributed by atoms with E-state index in [9.17, 15) is 14.0 Å². The molecule has 1 aromatic rings. The molecule has 0 saturated heterocycles. The molecule has 0 heterocycles. The Morgan fingerprint density at radius 2 is 2.00 bits per heavy atom. The van der Waals surface area contributed by atoms with E-state index >= 15 is 0 Å². The number of esters is 1. The van der Waals surface area contributed by atoms with Crippen LogP contribution in [0.25, 0.3) is 0 Å². The summed E-state index contributed by atoms with van der Waals surface area (Å²) in [4.78, 5) is 25.5. The molecule has 0 unspecified atom stereocenters. The highest BCUT2D eigenvalue weighted by Crippen LogP contribution is 2.13. The average molecular weight is 295 g/mol. The normalized spacial score (nSPS) is 10.6. The maximum atomic E-state index is 13.3. The van der Waals surface area contributed by atoms with Crippen molar-refractivity contribution in [2.75, 3.05) is 19.7 Å². The van der Waals surface area contributed by atoms with E-state index < -0.39 is 5.97 Å². The predicted octanol–water partition coefficient (Wildman–Crippen LogP) is 2.80. The van der Waals surface area contributed by atoms with E-state index in [4.69, 9.17) is 4.74 Å². The number of benzene rings is 1. The largest absolute Gasteiger partial charge is 0.465 e. The summed E-state index contributed by atoms with van der Waals surface area (Å²) in [7, 11) is 0. The molecule has 0 bridgehead atoms. The van der Waals surface area contributed by atoms with E-state index in [0.717, 1.165) is 0 Å². The smallest absolute Gasteiger partial charge is 0.325 e. The van der Waals surface area contributed by atoms with E-state index in [0.29, 0.717) is 17.7 Å². The van der Waals surface area contributed by atoms with Crippen LogP contribution in [0.2, 0.25) is 0 Å². The summed E-state index contributed by atoms with van der Waals surface area (Å²) in [6.45, 7) is 7.86. The second-order valence-corrected chi connectivity index (χ2v) is 5.35. The van der Waals surface area contributed by atoms with Gasteiger partial charge in [0.25, 0.3) is 5.91 Å². The maximum absolute atomic E-state index is 13.3. The molecule has 4 nitrogen and oxygen atoms in total. The third kappa shape index (κ3) is 5.17. The lowest BCUT2D eigenvalue weighted by Crippen LogP contribution is -2.39. The molecule has 0 atom stereocenters. The highest BCUT2D eigenvalue weighted by molar-refractivity contribution is 5.96. The fraction of sp³-hybridized carbons (Fsp3) is 0.500. The minimum absolute atomic E-state index is 0.0960. The Hall–Kier alpha value is -1.91. The molecule has 1 amide bonds. The Kier molecular flexibility index (Phi) is 6.34. The molecule has 0 aromatic heterocycles. The van der Waals surface area contributed by atoms with Crippen LogP contribution in [0, 0.1) is 18.7 Å². The van der Waals surface area contributed by atoms with Gasteiger partial charge in [-0.2, -0.15) is 0 Å². The Labute approximate surface area is 124 Å². The van der Waals surface area contributed by atoms with Crippen LogP contribution in [0.5, 0.6) is 0 Å². The van der Waals surface area contributed by atoms with E-state index in [1.54, 1.807) is 13.8 Å². The van der Waals surface area contributed by atoms with Gasteiger partial charge in [0.15, 0.2) is 0 Å². The number of amides is 1. The first-order valence-corrected chi connectivity index (χ1v) is 7.06. The molecule has 0 aliphatic carbocycles. The lowest BCUT2D eigenvalue weighted by molar-refractivity contribution is -0.143. The van der Waals surface area contributed by atoms with Gasteiger partial charge in [-0.25, -0.2) is 4.39 Å². The van der Waals surface area contributed by atoms with Gasteiger partial charge in [-0.3, -0.25) is 9.59 Å². The fourth-order valence-electron chi connectivity index (χ4n) is 1.98. The number of aryl methyl sites for hydroxylation is 1. The quantitative estimate of drug-likeness (QED) is 0.758. The van der Waals surface area contributed by atoms with Crippen molar-refractivity contribution < 1.29 is 18.7 Å². The highest BCUT2D eigenvalue weighted by Gasteiger charge is 2.21. The van der Waals surface area contributed by atoms with Crippen LogP contribution < -0.4 is 0 Å². The van der Waals surface area contributed by atoms with Crippen LogP contribution >= 0.6 is 0 Å². The van der Waals surface area contributed by atoms with Gasteiger partial charge in [0, 0.05) is 12.1 Å². The van der Waals surface area contributed by atoms with Gasteiger partial charge in [-0.1, -0.05) is 13.8 Å². The first kappa shape index (κ1) is 17.1. The Balaban J connectivity index is 2.92. The average Bonchev–Trinajstić information content (AvgIpc) is 2.40. The van der Waals surface area contributed by atoms with Gasteiger partial charge in [0.05, 0.1) is 6.61 Å². The standard InChI is InChI=1S/C16H22FNO3/c1-5-21-15(19)10-18(9-11(2)3)16(20)13-6-7-14(17)12(4)8-13/h6-8,11H,5,9-10H2,1-4H3. The van der Waals surface area contributed by atoms with Crippen molar-refractivity contribution in [2.24, 2.45) is 5.92 Å². The number of carbonyl (C=O) groups excluding carboxylic acids is 2. The van der Waals surface area contributed by atoms with Crippen LogP contribution in [0.4, 0.5) is 4.39 Å². The SMILES string of the molecule is CCOC(=O)CN(CC(C)C)C(=O)c1ccc(F)c(C)c1. The molecule has 0 N–H and O–H groups in total. The van der Waals surface area contributed by atoms with Gasteiger partial charge >= 0.3 is 5.97 Å². The monoisotopic (exact) mass is 295 g/mol. The molecule has 0 radical (unpaired) electrons. The number of hydrogen-bond acceptors (Lipinski definition) is 3. The van der Waals surface area contributed by atoms with Crippen molar-refractivity contribution >= 4 is 11.9 Å². The van der Waals surface area contributed by atoms with Gasteiger partial charge < -0.3 is 9.64 Å². The first-order chi connectivity index (χ1) is 9.85. The summed E-state index contributed by atoms with van der Waals surface area (Å²) in [5, 5.41) is 0. The van der Waals surface area contributed by atoms with Crippen LogP contribution in [0.15, 0.2) is 18.2 Å². The van der Waals surface area contributed by atoms with Gasteiger partial charge in [-0.05, 0) is 43.5 Å². The van der Waals surface area contributed by atoms with E-state index in [1.807, 2.05) is 13.8 Å². The maximum Gasteiger partial charge on any atom is 0.325 e. The number of hydrogen-bond donors (Lipinski definition) is 0.